The second kappa shape index (κ2) is 13.1. The predicted molar refractivity (Wildman–Crippen MR) is 134 cm³/mol. The minimum atomic E-state index is -1.07. The Kier molecular flexibility index (Phi) is 11.3. The average Bonchev–Trinajstić information content (AvgIpc) is 2.70. The van der Waals surface area contributed by atoms with Gasteiger partial charge in [0.2, 0.25) is 5.91 Å². The van der Waals surface area contributed by atoms with Crippen LogP contribution in [-0.2, 0) is 14.3 Å². The molecule has 1 aromatic rings. The number of aryl methyl sites for hydroxylation is 2. The normalized spacial score (nSPS) is 12.8. The first kappa shape index (κ1) is 28.4. The van der Waals surface area contributed by atoms with Crippen LogP contribution in [0.15, 0.2) is 18.2 Å². The van der Waals surface area contributed by atoms with E-state index >= 15 is 0 Å². The molecular weight excluding hydrogens is 438 g/mol. The second-order valence-corrected chi connectivity index (χ2v) is 9.41. The van der Waals surface area contributed by atoms with Crippen LogP contribution < -0.4 is 10.6 Å². The van der Waals surface area contributed by atoms with E-state index in [0.29, 0.717) is 12.1 Å². The molecule has 0 saturated heterocycles. The molecule has 0 spiro atoms. The Balaban J connectivity index is 3.26. The molecule has 182 valence electrons. The summed E-state index contributed by atoms with van der Waals surface area (Å²) in [5.41, 5.74) is 1.74. The third-order valence-electron chi connectivity index (χ3n) is 4.69. The summed E-state index contributed by atoms with van der Waals surface area (Å²) in [6.45, 7) is 11.5. The largest absolute Gasteiger partial charge is 0.444 e. The van der Waals surface area contributed by atoms with Crippen molar-refractivity contribution in [2.45, 2.75) is 78.5 Å². The van der Waals surface area contributed by atoms with Crippen LogP contribution in [0.3, 0.4) is 0 Å². The van der Waals surface area contributed by atoms with Crippen LogP contribution in [0.2, 0.25) is 0 Å². The van der Waals surface area contributed by atoms with Gasteiger partial charge in [0, 0.05) is 18.3 Å². The summed E-state index contributed by atoms with van der Waals surface area (Å²) in [5.74, 6) is -1.02. The number of thiol groups is 1. The molecule has 8 heteroatoms. The number of unbranched alkanes of at least 4 members (excludes halogenated alkanes) is 2. The Bertz CT molecular complexity index is 853. The van der Waals surface area contributed by atoms with E-state index in [1.165, 1.54) is 0 Å². The number of carbonyl (C=O) groups is 3. The van der Waals surface area contributed by atoms with Gasteiger partial charge in [0.05, 0.1) is 0 Å². The quantitative estimate of drug-likeness (QED) is 0.207. The lowest BCUT2D eigenvalue weighted by Crippen LogP contribution is -2.52. The Morgan fingerprint density at radius 3 is 2.24 bits per heavy atom. The predicted octanol–water partition coefficient (Wildman–Crippen LogP) is 3.89. The van der Waals surface area contributed by atoms with Gasteiger partial charge in [-0.25, -0.2) is 4.79 Å². The Hall–Kier alpha value is -2.66. The van der Waals surface area contributed by atoms with Gasteiger partial charge in [-0.3, -0.25) is 14.5 Å². The zero-order valence-corrected chi connectivity index (χ0v) is 21.4. The molecule has 0 aliphatic rings. The number of rotatable bonds is 10. The van der Waals surface area contributed by atoms with Crippen LogP contribution in [0.5, 0.6) is 0 Å². The highest BCUT2D eigenvalue weighted by molar-refractivity contribution is 7.80. The molecule has 0 heterocycles. The van der Waals surface area contributed by atoms with Crippen LogP contribution in [0, 0.1) is 26.3 Å². The summed E-state index contributed by atoms with van der Waals surface area (Å²) >= 11 is 4.21. The van der Waals surface area contributed by atoms with Crippen LogP contribution >= 0.6 is 12.6 Å². The van der Waals surface area contributed by atoms with Gasteiger partial charge >= 0.3 is 6.09 Å². The van der Waals surface area contributed by atoms with Gasteiger partial charge in [0.1, 0.15) is 17.7 Å². The fourth-order valence-corrected chi connectivity index (χ4v) is 3.58. The molecule has 0 saturated carbocycles. The first-order valence-electron chi connectivity index (χ1n) is 11.2. The number of carbonyl (C=O) groups excluding carboxylic acids is 3. The zero-order valence-electron chi connectivity index (χ0n) is 20.5. The molecule has 0 radical (unpaired) electrons. The van der Waals surface area contributed by atoms with Crippen LogP contribution in [0.25, 0.3) is 0 Å². The second-order valence-electron chi connectivity index (χ2n) is 9.04. The number of hydrogen-bond donors (Lipinski definition) is 3. The number of benzene rings is 1. The van der Waals surface area contributed by atoms with Crippen molar-refractivity contribution in [3.05, 3.63) is 34.9 Å². The fourth-order valence-electron chi connectivity index (χ4n) is 3.34. The van der Waals surface area contributed by atoms with E-state index in [0.717, 1.165) is 35.3 Å². The minimum absolute atomic E-state index is 0.0199. The maximum absolute atomic E-state index is 13.4. The number of amides is 3. The van der Waals surface area contributed by atoms with Gasteiger partial charge in [-0.2, -0.15) is 12.6 Å². The topological polar surface area (TPSA) is 87.7 Å². The molecule has 2 atom stereocenters. The molecule has 0 aliphatic carbocycles. The Labute approximate surface area is 203 Å². The lowest BCUT2D eigenvalue weighted by Gasteiger charge is -2.30. The summed E-state index contributed by atoms with van der Waals surface area (Å²) in [6, 6.07) is 5.87. The van der Waals surface area contributed by atoms with Crippen molar-refractivity contribution in [1.82, 2.24) is 15.5 Å². The van der Waals surface area contributed by atoms with Gasteiger partial charge < -0.3 is 15.4 Å². The highest BCUT2D eigenvalue weighted by atomic mass is 32.1. The Morgan fingerprint density at radius 2 is 1.76 bits per heavy atom. The smallest absolute Gasteiger partial charge is 0.408 e. The highest BCUT2D eigenvalue weighted by Gasteiger charge is 2.35. The SMILES string of the molecule is C#CN(C(=O)C(CS)NC(=O)OC(C)(C)C)C(C(=O)NCCCCC)c1cc(C)cc(C)c1. The van der Waals surface area contributed by atoms with Crippen molar-refractivity contribution in [2.75, 3.05) is 12.3 Å². The number of ether oxygens (including phenoxy) is 1. The highest BCUT2D eigenvalue weighted by Crippen LogP contribution is 2.24. The maximum atomic E-state index is 13.4. The number of nitrogens with one attached hydrogen (secondary N) is 2. The number of hydrogen-bond acceptors (Lipinski definition) is 5. The van der Waals surface area contributed by atoms with Gasteiger partial charge in [-0.15, -0.1) is 0 Å². The summed E-state index contributed by atoms with van der Waals surface area (Å²) in [5, 5.41) is 5.40. The third kappa shape index (κ3) is 9.39. The van der Waals surface area contributed by atoms with E-state index < -0.39 is 29.7 Å². The van der Waals surface area contributed by atoms with Gasteiger partial charge in [0.25, 0.3) is 5.91 Å². The van der Waals surface area contributed by atoms with Crippen molar-refractivity contribution < 1.29 is 19.1 Å². The van der Waals surface area contributed by atoms with E-state index in [1.807, 2.05) is 32.0 Å². The van der Waals surface area contributed by atoms with Gasteiger partial charge in [-0.05, 0) is 46.6 Å². The van der Waals surface area contributed by atoms with Crippen LogP contribution in [0.4, 0.5) is 4.79 Å². The minimum Gasteiger partial charge on any atom is -0.444 e. The maximum Gasteiger partial charge on any atom is 0.408 e. The number of nitrogens with zero attached hydrogens (tertiary/aromatic N) is 1. The molecule has 2 N–H and O–H groups in total. The monoisotopic (exact) mass is 475 g/mol. The molecule has 2 unspecified atom stereocenters. The van der Waals surface area contributed by atoms with E-state index in [-0.39, 0.29) is 11.7 Å². The van der Waals surface area contributed by atoms with Crippen molar-refractivity contribution in [3.63, 3.8) is 0 Å². The lowest BCUT2D eigenvalue weighted by atomic mass is 9.99. The first-order valence-corrected chi connectivity index (χ1v) is 11.8. The van der Waals surface area contributed by atoms with Crippen molar-refractivity contribution in [3.8, 4) is 12.5 Å². The summed E-state index contributed by atoms with van der Waals surface area (Å²) in [7, 11) is 0. The van der Waals surface area contributed by atoms with Crippen molar-refractivity contribution in [1.29, 1.82) is 0 Å². The Morgan fingerprint density at radius 1 is 1.15 bits per heavy atom. The number of terminal acetylenes is 1. The van der Waals surface area contributed by atoms with E-state index in [9.17, 15) is 14.4 Å². The molecule has 33 heavy (non-hydrogen) atoms. The van der Waals surface area contributed by atoms with E-state index in [1.54, 1.807) is 20.8 Å². The molecule has 0 aliphatic heterocycles. The number of alkyl carbamates (subject to hydrolysis) is 1. The van der Waals surface area contributed by atoms with Gasteiger partial charge in [0.15, 0.2) is 0 Å². The summed E-state index contributed by atoms with van der Waals surface area (Å²) in [6.07, 6.45) is 7.79. The lowest BCUT2D eigenvalue weighted by molar-refractivity contribution is -0.138. The standard InChI is InChI=1S/C25H37N3O4S/c1-8-10-11-12-26-22(29)21(19-14-17(3)13-18(4)15-19)28(9-2)23(30)20(16-33)27-24(31)32-25(5,6)7/h2,13-15,20-21,33H,8,10-12,16H2,1,3-7H3,(H,26,29)(H,27,31). The molecule has 0 fully saturated rings. The zero-order chi connectivity index (χ0) is 25.2. The molecule has 0 aromatic heterocycles. The molecule has 1 rings (SSSR count). The van der Waals surface area contributed by atoms with Crippen molar-refractivity contribution in [2.24, 2.45) is 0 Å². The summed E-state index contributed by atoms with van der Waals surface area (Å²) in [4.78, 5) is 39.8. The van der Waals surface area contributed by atoms with Crippen molar-refractivity contribution >= 4 is 30.5 Å². The van der Waals surface area contributed by atoms with Gasteiger partial charge in [-0.1, -0.05) is 55.5 Å². The average molecular weight is 476 g/mol. The molecule has 3 amide bonds. The first-order chi connectivity index (χ1) is 15.4. The molecule has 1 aromatic carbocycles. The van der Waals surface area contributed by atoms with E-state index in [4.69, 9.17) is 11.2 Å². The molecule has 0 bridgehead atoms. The van der Waals surface area contributed by atoms with Crippen LogP contribution in [0.1, 0.15) is 69.7 Å². The molecular formula is C25H37N3O4S. The van der Waals surface area contributed by atoms with E-state index in [2.05, 4.69) is 36.2 Å². The summed E-state index contributed by atoms with van der Waals surface area (Å²) < 4.78 is 5.25. The van der Waals surface area contributed by atoms with Crippen LogP contribution in [-0.4, -0.2) is 46.7 Å². The third-order valence-corrected chi connectivity index (χ3v) is 5.06. The molecule has 7 nitrogen and oxygen atoms in total. The fraction of sp³-hybridized carbons (Fsp3) is 0.560.